The molecule has 2 aromatic carbocycles. The number of Topliss-reactive ketones (excluding diaryl/α,β-unsaturated/α-hetero) is 1. The molecule has 0 unspecified atom stereocenters. The summed E-state index contributed by atoms with van der Waals surface area (Å²) in [7, 11) is 0. The van der Waals surface area contributed by atoms with Gasteiger partial charge in [0.05, 0.1) is 11.3 Å². The van der Waals surface area contributed by atoms with Gasteiger partial charge in [-0.3, -0.25) is 9.59 Å². The quantitative estimate of drug-likeness (QED) is 0.761. The number of rotatable bonds is 6. The second kappa shape index (κ2) is 6.78. The molecular weight excluding hydrogens is 286 g/mol. The number of benzene rings is 2. The summed E-state index contributed by atoms with van der Waals surface area (Å²) < 4.78 is 0. The van der Waals surface area contributed by atoms with Gasteiger partial charge in [-0.05, 0) is 42.5 Å². The fourth-order valence-corrected chi connectivity index (χ4v) is 3.10. The molecule has 0 aliphatic carbocycles. The average Bonchev–Trinajstić information content (AvgIpc) is 2.81. The van der Waals surface area contributed by atoms with Crippen molar-refractivity contribution in [3.63, 3.8) is 0 Å². The first-order valence-electron chi connectivity index (χ1n) is 8.23. The first-order chi connectivity index (χ1) is 11.2. The SMILES string of the molecule is CCCc1ccc2c(c1)C(=O)C(=O)N2CCCc1ccccc1. The first kappa shape index (κ1) is 15.5. The molecule has 1 aliphatic heterocycles. The molecule has 0 spiro atoms. The lowest BCUT2D eigenvalue weighted by Gasteiger charge is -2.16. The molecule has 1 aliphatic rings. The molecule has 0 fully saturated rings. The number of aryl methyl sites for hydroxylation is 2. The van der Waals surface area contributed by atoms with Gasteiger partial charge in [0.1, 0.15) is 0 Å². The molecule has 3 heteroatoms. The van der Waals surface area contributed by atoms with E-state index in [0.717, 1.165) is 36.9 Å². The molecule has 1 amide bonds. The summed E-state index contributed by atoms with van der Waals surface area (Å²) in [5.41, 5.74) is 3.72. The lowest BCUT2D eigenvalue weighted by Crippen LogP contribution is -2.30. The molecule has 3 rings (SSSR count). The Morgan fingerprint density at radius 1 is 0.913 bits per heavy atom. The van der Waals surface area contributed by atoms with Crippen LogP contribution in [0.2, 0.25) is 0 Å². The Bertz CT molecular complexity index is 722. The van der Waals surface area contributed by atoms with Crippen LogP contribution >= 0.6 is 0 Å². The van der Waals surface area contributed by atoms with Crippen molar-refractivity contribution >= 4 is 17.4 Å². The van der Waals surface area contributed by atoms with E-state index in [9.17, 15) is 9.59 Å². The number of hydrogen-bond donors (Lipinski definition) is 0. The minimum Gasteiger partial charge on any atom is -0.305 e. The largest absolute Gasteiger partial charge is 0.305 e. The molecule has 0 N–H and O–H groups in total. The maximum atomic E-state index is 12.3. The standard InChI is InChI=1S/C20H21NO2/c1-2-7-16-11-12-18-17(14-16)19(22)20(23)21(18)13-6-10-15-8-4-3-5-9-15/h3-5,8-9,11-12,14H,2,6-7,10,13H2,1H3. The first-order valence-corrected chi connectivity index (χ1v) is 8.23. The number of anilines is 1. The van der Waals surface area contributed by atoms with Gasteiger partial charge in [-0.15, -0.1) is 0 Å². The second-order valence-electron chi connectivity index (χ2n) is 5.98. The topological polar surface area (TPSA) is 37.4 Å². The highest BCUT2D eigenvalue weighted by molar-refractivity contribution is 6.52. The molecule has 0 bridgehead atoms. The Morgan fingerprint density at radius 3 is 2.43 bits per heavy atom. The van der Waals surface area contributed by atoms with E-state index in [-0.39, 0.29) is 11.7 Å². The van der Waals surface area contributed by atoms with Crippen molar-refractivity contribution in [1.82, 2.24) is 0 Å². The van der Waals surface area contributed by atoms with Gasteiger partial charge in [0.15, 0.2) is 0 Å². The van der Waals surface area contributed by atoms with Gasteiger partial charge in [0.2, 0.25) is 0 Å². The molecule has 2 aromatic rings. The van der Waals surface area contributed by atoms with E-state index in [1.807, 2.05) is 36.4 Å². The molecule has 0 radical (unpaired) electrons. The number of fused-ring (bicyclic) bond motifs is 1. The zero-order chi connectivity index (χ0) is 16.2. The molecule has 3 nitrogen and oxygen atoms in total. The van der Waals surface area contributed by atoms with Crippen LogP contribution in [-0.2, 0) is 17.6 Å². The summed E-state index contributed by atoms with van der Waals surface area (Å²) in [5, 5.41) is 0. The number of hydrogen-bond acceptors (Lipinski definition) is 2. The number of amides is 1. The molecule has 0 atom stereocenters. The zero-order valence-electron chi connectivity index (χ0n) is 13.4. The van der Waals surface area contributed by atoms with Gasteiger partial charge in [-0.2, -0.15) is 0 Å². The Hall–Kier alpha value is -2.42. The summed E-state index contributed by atoms with van der Waals surface area (Å²) >= 11 is 0. The lowest BCUT2D eigenvalue weighted by atomic mass is 10.0. The number of carbonyl (C=O) groups excluding carboxylic acids is 2. The molecule has 118 valence electrons. The van der Waals surface area contributed by atoms with E-state index >= 15 is 0 Å². The van der Waals surface area contributed by atoms with Crippen molar-refractivity contribution in [2.24, 2.45) is 0 Å². The van der Waals surface area contributed by atoms with Gasteiger partial charge < -0.3 is 4.90 Å². The Labute approximate surface area is 136 Å². The van der Waals surface area contributed by atoms with Gasteiger partial charge in [0, 0.05) is 6.54 Å². The third kappa shape index (κ3) is 3.19. The highest BCUT2D eigenvalue weighted by Crippen LogP contribution is 2.30. The van der Waals surface area contributed by atoms with E-state index < -0.39 is 0 Å². The monoisotopic (exact) mass is 307 g/mol. The summed E-state index contributed by atoms with van der Waals surface area (Å²) in [5.74, 6) is -0.751. The van der Waals surface area contributed by atoms with Crippen molar-refractivity contribution in [2.75, 3.05) is 11.4 Å². The normalized spacial score (nSPS) is 13.5. The van der Waals surface area contributed by atoms with Crippen LogP contribution in [0.15, 0.2) is 48.5 Å². The van der Waals surface area contributed by atoms with Crippen molar-refractivity contribution < 1.29 is 9.59 Å². The minimum absolute atomic E-state index is 0.363. The predicted octanol–water partition coefficient (Wildman–Crippen LogP) is 3.80. The number of nitrogens with zero attached hydrogens (tertiary/aromatic N) is 1. The smallest absolute Gasteiger partial charge is 0.299 e. The average molecular weight is 307 g/mol. The molecule has 0 aromatic heterocycles. The van der Waals surface area contributed by atoms with E-state index in [2.05, 4.69) is 19.1 Å². The third-order valence-corrected chi connectivity index (χ3v) is 4.26. The lowest BCUT2D eigenvalue weighted by molar-refractivity contribution is -0.114. The van der Waals surface area contributed by atoms with Crippen LogP contribution in [0.5, 0.6) is 0 Å². The molecule has 1 heterocycles. The van der Waals surface area contributed by atoms with E-state index in [4.69, 9.17) is 0 Å². The van der Waals surface area contributed by atoms with Crippen LogP contribution in [0.3, 0.4) is 0 Å². The molecule has 23 heavy (non-hydrogen) atoms. The van der Waals surface area contributed by atoms with Gasteiger partial charge >= 0.3 is 0 Å². The van der Waals surface area contributed by atoms with Gasteiger partial charge in [0.25, 0.3) is 11.7 Å². The van der Waals surface area contributed by atoms with Crippen molar-refractivity contribution in [1.29, 1.82) is 0 Å². The third-order valence-electron chi connectivity index (χ3n) is 4.26. The van der Waals surface area contributed by atoms with Crippen LogP contribution in [0, 0.1) is 0 Å². The van der Waals surface area contributed by atoms with Crippen LogP contribution < -0.4 is 4.90 Å². The minimum atomic E-state index is -0.387. The highest BCUT2D eigenvalue weighted by atomic mass is 16.2. The van der Waals surface area contributed by atoms with Crippen LogP contribution in [0.25, 0.3) is 0 Å². The van der Waals surface area contributed by atoms with Gasteiger partial charge in [-0.25, -0.2) is 0 Å². The summed E-state index contributed by atoms with van der Waals surface area (Å²) in [6.07, 6.45) is 3.71. The Morgan fingerprint density at radius 2 is 1.70 bits per heavy atom. The van der Waals surface area contributed by atoms with Crippen molar-refractivity contribution in [2.45, 2.75) is 32.6 Å². The summed E-state index contributed by atoms with van der Waals surface area (Å²) in [6.45, 7) is 2.69. The highest BCUT2D eigenvalue weighted by Gasteiger charge is 2.35. The van der Waals surface area contributed by atoms with Crippen LogP contribution in [0.1, 0.15) is 41.3 Å². The second-order valence-corrected chi connectivity index (χ2v) is 5.98. The fraction of sp³-hybridized carbons (Fsp3) is 0.300. The summed E-state index contributed by atoms with van der Waals surface area (Å²) in [6, 6.07) is 16.0. The molecular formula is C20H21NO2. The van der Waals surface area contributed by atoms with Crippen LogP contribution in [-0.4, -0.2) is 18.2 Å². The number of carbonyl (C=O) groups is 2. The van der Waals surface area contributed by atoms with Gasteiger partial charge in [-0.1, -0.05) is 49.7 Å². The fourth-order valence-electron chi connectivity index (χ4n) is 3.10. The molecule has 0 saturated carbocycles. The Balaban J connectivity index is 1.71. The zero-order valence-corrected chi connectivity index (χ0v) is 13.4. The van der Waals surface area contributed by atoms with Crippen molar-refractivity contribution in [3.05, 3.63) is 65.2 Å². The van der Waals surface area contributed by atoms with Crippen LogP contribution in [0.4, 0.5) is 5.69 Å². The van der Waals surface area contributed by atoms with E-state index in [1.54, 1.807) is 4.90 Å². The van der Waals surface area contributed by atoms with Crippen molar-refractivity contribution in [3.8, 4) is 0 Å². The molecule has 0 saturated heterocycles. The van der Waals surface area contributed by atoms with E-state index in [0.29, 0.717) is 12.1 Å². The predicted molar refractivity (Wildman–Crippen MR) is 91.9 cm³/mol. The maximum absolute atomic E-state index is 12.3. The maximum Gasteiger partial charge on any atom is 0.299 e. The number of ketones is 1. The Kier molecular flexibility index (Phi) is 4.56. The summed E-state index contributed by atoms with van der Waals surface area (Å²) in [4.78, 5) is 26.1. The van der Waals surface area contributed by atoms with E-state index in [1.165, 1.54) is 5.56 Å².